The largest absolute Gasteiger partial charge is 0.392 e. The molecule has 0 bridgehead atoms. The average molecular weight is 224 g/mol. The Morgan fingerprint density at radius 3 is 2.75 bits per heavy atom. The number of aliphatic hydroxyl groups excluding tert-OH is 1. The van der Waals surface area contributed by atoms with Gasteiger partial charge in [0.1, 0.15) is 5.83 Å². The third-order valence-electron chi connectivity index (χ3n) is 3.24. The molecule has 90 valence electrons. The summed E-state index contributed by atoms with van der Waals surface area (Å²) in [5.74, 6) is -0.371. The van der Waals surface area contributed by atoms with Crippen LogP contribution in [0.1, 0.15) is 40.0 Å². The first-order valence-corrected chi connectivity index (χ1v) is 5.82. The van der Waals surface area contributed by atoms with Crippen LogP contribution in [0.3, 0.4) is 0 Å². The Kier molecular flexibility index (Phi) is 4.48. The van der Waals surface area contributed by atoms with E-state index in [0.717, 1.165) is 12.8 Å². The minimum absolute atomic E-state index is 0.137. The van der Waals surface area contributed by atoms with E-state index in [9.17, 15) is 4.39 Å². The van der Waals surface area contributed by atoms with Crippen molar-refractivity contribution in [2.45, 2.75) is 40.0 Å². The lowest BCUT2D eigenvalue weighted by Gasteiger charge is -2.32. The van der Waals surface area contributed by atoms with Crippen LogP contribution in [0.4, 0.5) is 4.39 Å². The smallest absolute Gasteiger partial charge is 0.121 e. The van der Waals surface area contributed by atoms with Crippen molar-refractivity contribution in [1.82, 2.24) is 0 Å². The maximum absolute atomic E-state index is 13.1. The van der Waals surface area contributed by atoms with Crippen molar-refractivity contribution in [2.24, 2.45) is 5.41 Å². The summed E-state index contributed by atoms with van der Waals surface area (Å²) in [6.07, 6.45) is 7.94. The highest BCUT2D eigenvalue weighted by Crippen LogP contribution is 2.40. The normalized spacial score (nSPS) is 21.9. The van der Waals surface area contributed by atoms with E-state index in [1.807, 2.05) is 6.08 Å². The second-order valence-electron chi connectivity index (χ2n) is 5.04. The SMILES string of the molecule is CC1=C(/C=C/C(F)=C\CO)C(C)(C)CCC1. The summed E-state index contributed by atoms with van der Waals surface area (Å²) in [5, 5.41) is 8.57. The molecule has 0 unspecified atom stereocenters. The van der Waals surface area contributed by atoms with E-state index < -0.39 is 0 Å². The fourth-order valence-electron chi connectivity index (χ4n) is 2.33. The van der Waals surface area contributed by atoms with E-state index in [1.165, 1.54) is 29.7 Å². The Morgan fingerprint density at radius 2 is 2.19 bits per heavy atom. The topological polar surface area (TPSA) is 20.2 Å². The Morgan fingerprint density at radius 1 is 1.50 bits per heavy atom. The van der Waals surface area contributed by atoms with Crippen molar-refractivity contribution >= 4 is 0 Å². The minimum atomic E-state index is -0.371. The first kappa shape index (κ1) is 13.2. The van der Waals surface area contributed by atoms with Crippen LogP contribution in [0, 0.1) is 5.41 Å². The van der Waals surface area contributed by atoms with Crippen LogP contribution in [-0.4, -0.2) is 11.7 Å². The van der Waals surface area contributed by atoms with E-state index in [-0.39, 0.29) is 17.8 Å². The molecule has 0 aromatic rings. The quantitative estimate of drug-likeness (QED) is 0.720. The highest BCUT2D eigenvalue weighted by molar-refractivity contribution is 5.35. The summed E-state index contributed by atoms with van der Waals surface area (Å²) >= 11 is 0. The van der Waals surface area contributed by atoms with Crippen molar-refractivity contribution < 1.29 is 9.50 Å². The van der Waals surface area contributed by atoms with Gasteiger partial charge in [0.2, 0.25) is 0 Å². The monoisotopic (exact) mass is 224 g/mol. The lowest BCUT2D eigenvalue weighted by atomic mass is 9.72. The first-order valence-electron chi connectivity index (χ1n) is 5.82. The lowest BCUT2D eigenvalue weighted by Crippen LogP contribution is -2.19. The van der Waals surface area contributed by atoms with Gasteiger partial charge < -0.3 is 5.11 Å². The lowest BCUT2D eigenvalue weighted by molar-refractivity contribution is 0.339. The number of aliphatic hydroxyl groups is 1. The van der Waals surface area contributed by atoms with E-state index in [1.54, 1.807) is 0 Å². The number of hydrogen-bond acceptors (Lipinski definition) is 1. The van der Waals surface area contributed by atoms with E-state index in [2.05, 4.69) is 20.8 Å². The van der Waals surface area contributed by atoms with Gasteiger partial charge >= 0.3 is 0 Å². The third-order valence-corrected chi connectivity index (χ3v) is 3.24. The minimum Gasteiger partial charge on any atom is -0.392 e. The number of rotatable bonds is 3. The molecule has 0 aliphatic heterocycles. The fourth-order valence-corrected chi connectivity index (χ4v) is 2.33. The van der Waals surface area contributed by atoms with Crippen LogP contribution >= 0.6 is 0 Å². The molecular formula is C14H21FO. The third kappa shape index (κ3) is 3.31. The van der Waals surface area contributed by atoms with Gasteiger partial charge in [-0.15, -0.1) is 0 Å². The van der Waals surface area contributed by atoms with Crippen molar-refractivity contribution in [3.63, 3.8) is 0 Å². The molecule has 0 saturated heterocycles. The number of hydrogen-bond donors (Lipinski definition) is 1. The van der Waals surface area contributed by atoms with Crippen molar-refractivity contribution in [3.05, 3.63) is 35.2 Å². The molecular weight excluding hydrogens is 203 g/mol. The van der Waals surface area contributed by atoms with E-state index in [4.69, 9.17) is 5.11 Å². The zero-order chi connectivity index (χ0) is 12.2. The molecule has 1 rings (SSSR count). The van der Waals surface area contributed by atoms with Gasteiger partial charge in [-0.1, -0.05) is 25.5 Å². The van der Waals surface area contributed by atoms with Crippen molar-refractivity contribution in [1.29, 1.82) is 0 Å². The van der Waals surface area contributed by atoms with E-state index >= 15 is 0 Å². The van der Waals surface area contributed by atoms with Crippen LogP contribution in [0.2, 0.25) is 0 Å². The zero-order valence-electron chi connectivity index (χ0n) is 10.4. The molecule has 0 heterocycles. The summed E-state index contributed by atoms with van der Waals surface area (Å²) in [6, 6.07) is 0. The van der Waals surface area contributed by atoms with Gasteiger partial charge in [0, 0.05) is 0 Å². The molecule has 0 fully saturated rings. The predicted molar refractivity (Wildman–Crippen MR) is 65.7 cm³/mol. The molecule has 0 saturated carbocycles. The number of allylic oxidation sites excluding steroid dienone is 5. The number of halogens is 1. The van der Waals surface area contributed by atoms with Crippen LogP contribution in [0.5, 0.6) is 0 Å². The molecule has 1 nitrogen and oxygen atoms in total. The van der Waals surface area contributed by atoms with Gasteiger partial charge in [-0.05, 0) is 49.3 Å². The van der Waals surface area contributed by atoms with Gasteiger partial charge in [0.15, 0.2) is 0 Å². The maximum atomic E-state index is 13.1. The van der Waals surface area contributed by atoms with Crippen LogP contribution in [-0.2, 0) is 0 Å². The fraction of sp³-hybridized carbons (Fsp3) is 0.571. The zero-order valence-corrected chi connectivity index (χ0v) is 10.4. The molecule has 0 atom stereocenters. The molecule has 0 spiro atoms. The molecule has 0 amide bonds. The van der Waals surface area contributed by atoms with Gasteiger partial charge in [-0.2, -0.15) is 0 Å². The molecule has 2 heteroatoms. The average Bonchev–Trinajstić information content (AvgIpc) is 2.16. The molecule has 1 N–H and O–H groups in total. The molecule has 1 aliphatic rings. The predicted octanol–water partition coefficient (Wildman–Crippen LogP) is 3.91. The van der Waals surface area contributed by atoms with Crippen LogP contribution < -0.4 is 0 Å². The van der Waals surface area contributed by atoms with Gasteiger partial charge in [-0.25, -0.2) is 4.39 Å². The molecule has 0 aromatic carbocycles. The second kappa shape index (κ2) is 5.44. The Hall–Kier alpha value is -0.890. The van der Waals surface area contributed by atoms with E-state index in [0.29, 0.717) is 0 Å². The summed E-state index contributed by atoms with van der Waals surface area (Å²) in [4.78, 5) is 0. The molecule has 0 aromatic heterocycles. The van der Waals surface area contributed by atoms with Gasteiger partial charge in [0.05, 0.1) is 6.61 Å². The summed E-state index contributed by atoms with van der Waals surface area (Å²) in [6.45, 7) is 6.26. The highest BCUT2D eigenvalue weighted by Gasteiger charge is 2.26. The standard InChI is InChI=1S/C14H21FO/c1-11-5-4-9-14(2,3)13(11)7-6-12(15)8-10-16/h6-8,16H,4-5,9-10H2,1-3H3/b7-6+,12-8+. The Labute approximate surface area is 97.4 Å². The summed E-state index contributed by atoms with van der Waals surface area (Å²) < 4.78 is 13.1. The van der Waals surface area contributed by atoms with Crippen LogP contribution in [0.15, 0.2) is 35.2 Å². The van der Waals surface area contributed by atoms with Gasteiger partial charge in [-0.3, -0.25) is 0 Å². The molecule has 16 heavy (non-hydrogen) atoms. The van der Waals surface area contributed by atoms with Crippen molar-refractivity contribution in [3.8, 4) is 0 Å². The maximum Gasteiger partial charge on any atom is 0.121 e. The highest BCUT2D eigenvalue weighted by atomic mass is 19.1. The Bertz CT molecular complexity index is 335. The van der Waals surface area contributed by atoms with Crippen molar-refractivity contribution in [2.75, 3.05) is 6.61 Å². The summed E-state index contributed by atoms with van der Waals surface area (Å²) in [5.41, 5.74) is 2.72. The van der Waals surface area contributed by atoms with Crippen LogP contribution in [0.25, 0.3) is 0 Å². The molecule has 0 radical (unpaired) electrons. The second-order valence-corrected chi connectivity index (χ2v) is 5.04. The summed E-state index contributed by atoms with van der Waals surface area (Å²) in [7, 11) is 0. The Balaban J connectivity index is 2.89. The first-order chi connectivity index (χ1) is 7.47. The molecule has 1 aliphatic carbocycles. The van der Waals surface area contributed by atoms with Gasteiger partial charge in [0.25, 0.3) is 0 Å².